The maximum Gasteiger partial charge on any atom is 0.433 e. The van der Waals surface area contributed by atoms with E-state index < -0.39 is 7.60 Å². The molecular formula is C30H63NO3P+. The third kappa shape index (κ3) is 21.5. The summed E-state index contributed by atoms with van der Waals surface area (Å²) in [6.45, 7) is 4.33. The van der Waals surface area contributed by atoms with E-state index in [1.165, 1.54) is 122 Å². The van der Waals surface area contributed by atoms with E-state index in [9.17, 15) is 9.46 Å². The van der Waals surface area contributed by atoms with Crippen LogP contribution in [0.2, 0.25) is 0 Å². The van der Waals surface area contributed by atoms with Gasteiger partial charge in [0.15, 0.2) is 0 Å². The lowest BCUT2D eigenvalue weighted by atomic mass is 10.0. The van der Waals surface area contributed by atoms with Crippen molar-refractivity contribution in [2.45, 2.75) is 161 Å². The molecule has 35 heavy (non-hydrogen) atoms. The van der Waals surface area contributed by atoms with Gasteiger partial charge >= 0.3 is 7.60 Å². The van der Waals surface area contributed by atoms with E-state index in [4.69, 9.17) is 4.52 Å². The molecule has 0 spiro atoms. The zero-order chi connectivity index (χ0) is 26.3. The number of hydrogen-bond acceptors (Lipinski definition) is 2. The van der Waals surface area contributed by atoms with Crippen LogP contribution in [0.4, 0.5) is 0 Å². The highest BCUT2D eigenvalue weighted by atomic mass is 31.2. The average Bonchev–Trinajstić information content (AvgIpc) is 2.80. The Kier molecular flexibility index (Phi) is 22.7. The van der Waals surface area contributed by atoms with Crippen molar-refractivity contribution in [2.24, 2.45) is 0 Å². The zero-order valence-corrected chi connectivity index (χ0v) is 25.3. The van der Waals surface area contributed by atoms with Gasteiger partial charge in [0.2, 0.25) is 5.78 Å². The van der Waals surface area contributed by atoms with Gasteiger partial charge in [-0.05, 0) is 25.3 Å². The van der Waals surface area contributed by atoms with Crippen LogP contribution in [0.3, 0.4) is 0 Å². The number of allylic oxidation sites excluding steroid dienone is 1. The van der Waals surface area contributed by atoms with Gasteiger partial charge in [-0.2, -0.15) is 0 Å². The first-order chi connectivity index (χ1) is 16.8. The van der Waals surface area contributed by atoms with Gasteiger partial charge in [0.25, 0.3) is 0 Å². The third-order valence-corrected chi connectivity index (χ3v) is 9.23. The van der Waals surface area contributed by atoms with Crippen molar-refractivity contribution in [1.29, 1.82) is 0 Å². The Labute approximate surface area is 220 Å². The summed E-state index contributed by atoms with van der Waals surface area (Å²) >= 11 is 0. The van der Waals surface area contributed by atoms with Crippen molar-refractivity contribution in [1.82, 2.24) is 0 Å². The van der Waals surface area contributed by atoms with Gasteiger partial charge in [-0.1, -0.05) is 129 Å². The molecule has 0 saturated heterocycles. The molecular weight excluding hydrogens is 453 g/mol. The van der Waals surface area contributed by atoms with E-state index >= 15 is 0 Å². The fourth-order valence-corrected chi connectivity index (χ4v) is 6.72. The lowest BCUT2D eigenvalue weighted by molar-refractivity contribution is -0.883. The molecule has 0 amide bonds. The second-order valence-corrected chi connectivity index (χ2v) is 13.5. The van der Waals surface area contributed by atoms with Gasteiger partial charge in [-0.25, -0.2) is 4.57 Å². The Bertz CT molecular complexity index is 530. The number of quaternary nitrogens is 1. The fourth-order valence-electron chi connectivity index (χ4n) is 4.86. The molecule has 0 aromatic rings. The van der Waals surface area contributed by atoms with Crippen molar-refractivity contribution >= 4 is 7.60 Å². The molecule has 210 valence electrons. The van der Waals surface area contributed by atoms with Crippen LogP contribution in [0, 0.1) is 0 Å². The predicted octanol–water partition coefficient (Wildman–Crippen LogP) is 10.4. The molecule has 4 nitrogen and oxygen atoms in total. The minimum atomic E-state index is -3.65. The van der Waals surface area contributed by atoms with Crippen LogP contribution < -0.4 is 0 Å². The van der Waals surface area contributed by atoms with E-state index in [-0.39, 0.29) is 5.78 Å². The molecule has 2 unspecified atom stereocenters. The highest BCUT2D eigenvalue weighted by Gasteiger charge is 2.42. The van der Waals surface area contributed by atoms with Crippen LogP contribution in [0.25, 0.3) is 0 Å². The smallest absolute Gasteiger partial charge is 0.429 e. The second kappa shape index (κ2) is 22.9. The van der Waals surface area contributed by atoms with Crippen molar-refractivity contribution in [3.63, 3.8) is 0 Å². The molecule has 0 radical (unpaired) electrons. The summed E-state index contributed by atoms with van der Waals surface area (Å²) in [7, 11) is 2.21. The Balaban J connectivity index is 3.48. The lowest BCUT2D eigenvalue weighted by Crippen LogP contribution is -2.44. The highest BCUT2D eigenvalue weighted by molar-refractivity contribution is 7.53. The third-order valence-electron chi connectivity index (χ3n) is 7.10. The topological polar surface area (TPSA) is 46.5 Å². The molecule has 0 bridgehead atoms. The molecule has 0 aromatic heterocycles. The van der Waals surface area contributed by atoms with E-state index in [2.05, 4.69) is 6.92 Å². The van der Waals surface area contributed by atoms with Gasteiger partial charge < -0.3 is 13.9 Å². The van der Waals surface area contributed by atoms with Crippen LogP contribution in [0.5, 0.6) is 0 Å². The number of nitrogens with zero attached hydrogens (tertiary/aromatic N) is 1. The van der Waals surface area contributed by atoms with Crippen LogP contribution in [-0.4, -0.2) is 36.3 Å². The summed E-state index contributed by atoms with van der Waals surface area (Å²) in [6, 6.07) is 0. The Hall–Kier alpha value is -0.310. The Morgan fingerprint density at radius 2 is 1.03 bits per heavy atom. The summed E-state index contributed by atoms with van der Waals surface area (Å²) in [5.74, 6) is -0.382. The minimum Gasteiger partial charge on any atom is -0.429 e. The molecule has 0 aliphatic heterocycles. The minimum absolute atomic E-state index is 0.382. The Morgan fingerprint density at radius 3 is 1.37 bits per heavy atom. The van der Waals surface area contributed by atoms with Crippen molar-refractivity contribution in [3.05, 3.63) is 12.3 Å². The summed E-state index contributed by atoms with van der Waals surface area (Å²) in [6.07, 6.45) is 32.2. The quantitative estimate of drug-likeness (QED) is 0.0538. The largest absolute Gasteiger partial charge is 0.433 e. The van der Waals surface area contributed by atoms with Gasteiger partial charge in [0.1, 0.15) is 0 Å². The van der Waals surface area contributed by atoms with Gasteiger partial charge in [0.05, 0.1) is 27.4 Å². The molecule has 0 heterocycles. The van der Waals surface area contributed by atoms with Crippen molar-refractivity contribution in [2.75, 3.05) is 21.1 Å². The lowest BCUT2D eigenvalue weighted by Gasteiger charge is -2.35. The second-order valence-electron chi connectivity index (χ2n) is 11.6. The molecule has 0 aromatic carbocycles. The Morgan fingerprint density at radius 1 is 0.657 bits per heavy atom. The first-order valence-corrected chi connectivity index (χ1v) is 16.9. The van der Waals surface area contributed by atoms with Crippen LogP contribution in [-0.2, 0) is 9.09 Å². The monoisotopic (exact) mass is 516 g/mol. The maximum absolute atomic E-state index is 12.6. The molecule has 2 atom stereocenters. The molecule has 0 aliphatic rings. The normalized spacial score (nSPS) is 14.9. The van der Waals surface area contributed by atoms with Crippen LogP contribution in [0.1, 0.15) is 155 Å². The predicted molar refractivity (Wildman–Crippen MR) is 155 cm³/mol. The van der Waals surface area contributed by atoms with Gasteiger partial charge in [-0.3, -0.25) is 0 Å². The molecule has 5 heteroatoms. The molecule has 0 rings (SSSR count). The van der Waals surface area contributed by atoms with Crippen molar-refractivity contribution in [3.8, 4) is 0 Å². The fraction of sp³-hybridized carbons (Fsp3) is 0.933. The zero-order valence-electron chi connectivity index (χ0n) is 24.4. The highest BCUT2D eigenvalue weighted by Crippen LogP contribution is 2.52. The molecule has 0 aliphatic carbocycles. The first kappa shape index (κ1) is 34.7. The number of unbranched alkanes of at least 4 members (excludes halogenated alkanes) is 19. The molecule has 0 saturated carbocycles. The van der Waals surface area contributed by atoms with Crippen LogP contribution in [0.15, 0.2) is 12.3 Å². The SMILES string of the molecule is CCCCCCCCCCCCCCCCCCCCCC=COP(=O)(O)C(CCC)[N+](C)(C)C. The standard InChI is InChI=1S/C30H62NO3P/c1-6-8-9-10-11-12-13-14-15-16-17-18-19-20-21-22-23-24-25-26-27-29-34-35(32,33)30(28-7-2)31(3,4)5/h27,29-30H,6-26,28H2,1-5H3/p+1. The molecule has 0 fully saturated rings. The van der Waals surface area contributed by atoms with Gasteiger partial charge in [0, 0.05) is 6.42 Å². The summed E-state index contributed by atoms with van der Waals surface area (Å²) in [5.41, 5.74) is 0. The van der Waals surface area contributed by atoms with Crippen LogP contribution >= 0.6 is 7.60 Å². The number of hydrogen-bond donors (Lipinski definition) is 1. The summed E-state index contributed by atoms with van der Waals surface area (Å²) in [5, 5.41) is 0. The summed E-state index contributed by atoms with van der Waals surface area (Å²) in [4.78, 5) is 10.4. The molecule has 1 N–H and O–H groups in total. The average molecular weight is 517 g/mol. The summed E-state index contributed by atoms with van der Waals surface area (Å²) < 4.78 is 18.4. The van der Waals surface area contributed by atoms with E-state index in [0.717, 1.165) is 19.3 Å². The first-order valence-electron chi connectivity index (χ1n) is 15.2. The van der Waals surface area contributed by atoms with E-state index in [0.29, 0.717) is 10.9 Å². The van der Waals surface area contributed by atoms with E-state index in [1.54, 1.807) is 0 Å². The van der Waals surface area contributed by atoms with Crippen molar-refractivity contribution < 1.29 is 18.5 Å². The number of rotatable bonds is 26. The maximum atomic E-state index is 12.6. The van der Waals surface area contributed by atoms with E-state index in [1.807, 2.05) is 34.1 Å². The van der Waals surface area contributed by atoms with Gasteiger partial charge in [-0.15, -0.1) is 0 Å².